The number of hydrogen-bond acceptors (Lipinski definition) is 5. The van der Waals surface area contributed by atoms with Gasteiger partial charge in [0.2, 0.25) is 0 Å². The third-order valence-electron chi connectivity index (χ3n) is 6.03. The van der Waals surface area contributed by atoms with Crippen molar-refractivity contribution in [2.75, 3.05) is 13.1 Å². The van der Waals surface area contributed by atoms with Crippen LogP contribution >= 0.6 is 0 Å². The van der Waals surface area contributed by atoms with E-state index in [0.717, 1.165) is 49.6 Å². The Morgan fingerprint density at radius 2 is 1.81 bits per heavy atom. The van der Waals surface area contributed by atoms with Crippen molar-refractivity contribution in [3.63, 3.8) is 0 Å². The van der Waals surface area contributed by atoms with E-state index >= 15 is 0 Å². The third kappa shape index (κ3) is 3.14. The molecule has 4 rings (SSSR count). The Balaban J connectivity index is 1.51. The van der Waals surface area contributed by atoms with Gasteiger partial charge in [-0.2, -0.15) is 0 Å². The molecule has 5 heteroatoms. The van der Waals surface area contributed by atoms with Crippen molar-refractivity contribution < 1.29 is 5.11 Å². The maximum atomic E-state index is 11.6. The van der Waals surface area contributed by atoms with Crippen LogP contribution in [-0.2, 0) is 12.1 Å². The predicted molar refractivity (Wildman–Crippen MR) is 100 cm³/mol. The first-order valence-electron chi connectivity index (χ1n) is 9.74. The van der Waals surface area contributed by atoms with E-state index in [1.807, 2.05) is 30.6 Å². The van der Waals surface area contributed by atoms with Gasteiger partial charge in [0.15, 0.2) is 0 Å². The highest BCUT2D eigenvalue weighted by molar-refractivity contribution is 5.20. The minimum absolute atomic E-state index is 0.237. The van der Waals surface area contributed by atoms with Crippen molar-refractivity contribution in [2.45, 2.75) is 51.2 Å². The second-order valence-electron chi connectivity index (χ2n) is 8.16. The number of nitrogens with zero attached hydrogens (tertiary/aromatic N) is 4. The zero-order valence-electron chi connectivity index (χ0n) is 15.7. The first-order chi connectivity index (χ1) is 12.6. The second kappa shape index (κ2) is 7.05. The van der Waals surface area contributed by atoms with E-state index in [1.165, 1.54) is 6.42 Å². The molecule has 0 spiro atoms. The molecule has 5 nitrogen and oxygen atoms in total. The molecule has 1 aliphatic carbocycles. The lowest BCUT2D eigenvalue weighted by Gasteiger charge is -2.52. The number of aliphatic hydroxyl groups is 1. The average Bonchev–Trinajstić information content (AvgIpc) is 2.64. The van der Waals surface area contributed by atoms with Crippen LogP contribution in [0.15, 0.2) is 36.8 Å². The number of pyridine rings is 1. The van der Waals surface area contributed by atoms with E-state index in [1.54, 1.807) is 6.20 Å². The van der Waals surface area contributed by atoms with Crippen LogP contribution in [-0.4, -0.2) is 38.0 Å². The van der Waals surface area contributed by atoms with Crippen molar-refractivity contribution in [2.24, 2.45) is 11.8 Å². The first-order valence-corrected chi connectivity index (χ1v) is 9.74. The summed E-state index contributed by atoms with van der Waals surface area (Å²) in [4.78, 5) is 16.0. The molecule has 1 saturated heterocycles. The molecule has 1 aliphatic heterocycles. The average molecular weight is 352 g/mol. The van der Waals surface area contributed by atoms with Crippen molar-refractivity contribution >= 4 is 0 Å². The molecule has 26 heavy (non-hydrogen) atoms. The molecule has 3 heterocycles. The maximum absolute atomic E-state index is 11.6. The predicted octanol–water partition coefficient (Wildman–Crippen LogP) is 3.11. The Hall–Kier alpha value is -1.85. The number of fused-ring (bicyclic) bond motifs is 2. The number of piperidine rings is 1. The van der Waals surface area contributed by atoms with Crippen molar-refractivity contribution in [1.29, 1.82) is 0 Å². The molecule has 1 saturated carbocycles. The lowest BCUT2D eigenvalue weighted by atomic mass is 9.64. The minimum atomic E-state index is -0.784. The molecule has 2 aliphatic rings. The molecule has 1 N–H and O–H groups in total. The Morgan fingerprint density at radius 3 is 2.38 bits per heavy atom. The van der Waals surface area contributed by atoms with Crippen molar-refractivity contribution in [1.82, 2.24) is 19.9 Å². The topological polar surface area (TPSA) is 62.1 Å². The molecule has 2 bridgehead atoms. The van der Waals surface area contributed by atoms with E-state index in [9.17, 15) is 5.11 Å². The van der Waals surface area contributed by atoms with E-state index in [-0.39, 0.29) is 11.8 Å². The quantitative estimate of drug-likeness (QED) is 0.916. The lowest BCUT2D eigenvalue weighted by Crippen LogP contribution is -2.58. The van der Waals surface area contributed by atoms with Gasteiger partial charge in [-0.25, -0.2) is 9.97 Å². The van der Waals surface area contributed by atoms with Crippen molar-refractivity contribution in [3.05, 3.63) is 53.9 Å². The summed E-state index contributed by atoms with van der Waals surface area (Å²) in [6.07, 6.45) is 9.02. The third-order valence-corrected chi connectivity index (χ3v) is 6.03. The highest BCUT2D eigenvalue weighted by Gasteiger charge is 2.52. The van der Waals surface area contributed by atoms with Gasteiger partial charge in [-0.15, -0.1) is 0 Å². The summed E-state index contributed by atoms with van der Waals surface area (Å²) in [5, 5.41) is 11.6. The Labute approximate surface area is 155 Å². The molecule has 3 atom stereocenters. The van der Waals surface area contributed by atoms with Gasteiger partial charge in [-0.05, 0) is 25.0 Å². The Bertz CT molecular complexity index is 717. The molecule has 0 amide bonds. The summed E-state index contributed by atoms with van der Waals surface area (Å²) in [5.74, 6) is 1.72. The lowest BCUT2D eigenvalue weighted by molar-refractivity contribution is -0.151. The van der Waals surface area contributed by atoms with Crippen LogP contribution < -0.4 is 0 Å². The summed E-state index contributed by atoms with van der Waals surface area (Å²) in [7, 11) is 0. The van der Waals surface area contributed by atoms with Crippen LogP contribution in [0.3, 0.4) is 0 Å². The summed E-state index contributed by atoms with van der Waals surface area (Å²) >= 11 is 0. The van der Waals surface area contributed by atoms with Crippen LogP contribution in [0.25, 0.3) is 0 Å². The first kappa shape index (κ1) is 17.6. The van der Waals surface area contributed by atoms with E-state index in [0.29, 0.717) is 5.92 Å². The molecular weight excluding hydrogens is 324 g/mol. The maximum Gasteiger partial charge on any atom is 0.130 e. The highest BCUT2D eigenvalue weighted by atomic mass is 16.3. The molecule has 1 unspecified atom stereocenters. The van der Waals surface area contributed by atoms with E-state index < -0.39 is 5.60 Å². The minimum Gasteiger partial charge on any atom is -0.383 e. The molecular formula is C21H28N4O. The highest BCUT2D eigenvalue weighted by Crippen LogP contribution is 2.48. The summed E-state index contributed by atoms with van der Waals surface area (Å²) in [5.41, 5.74) is 1.21. The largest absolute Gasteiger partial charge is 0.383 e. The molecule has 0 aromatic carbocycles. The van der Waals surface area contributed by atoms with Gasteiger partial charge < -0.3 is 5.11 Å². The van der Waals surface area contributed by atoms with Crippen LogP contribution in [0.5, 0.6) is 0 Å². The smallest absolute Gasteiger partial charge is 0.130 e. The van der Waals surface area contributed by atoms with Gasteiger partial charge in [0.25, 0.3) is 0 Å². The van der Waals surface area contributed by atoms with Crippen LogP contribution in [0, 0.1) is 11.8 Å². The zero-order chi connectivity index (χ0) is 18.1. The number of likely N-dealkylation sites (tertiary alicyclic amines) is 1. The molecule has 138 valence electrons. The Kier molecular flexibility index (Phi) is 4.76. The monoisotopic (exact) mass is 352 g/mol. The number of aromatic nitrogens is 3. The number of hydrogen-bond donors (Lipinski definition) is 1. The SMILES string of the molecule is CC(C)c1ncc(CN2C[C@H]3CCC[C@@H](C2)C3(O)c2ccccn2)cn1. The number of rotatable bonds is 4. The fraction of sp³-hybridized carbons (Fsp3) is 0.571. The molecule has 2 fully saturated rings. The molecule has 2 aromatic heterocycles. The molecule has 2 aromatic rings. The van der Waals surface area contributed by atoms with Gasteiger partial charge in [-0.1, -0.05) is 26.3 Å². The summed E-state index contributed by atoms with van der Waals surface area (Å²) in [6, 6.07) is 5.88. The van der Waals surface area contributed by atoms with E-state index in [2.05, 4.69) is 33.7 Å². The Morgan fingerprint density at radius 1 is 1.12 bits per heavy atom. The van der Waals surface area contributed by atoms with Gasteiger partial charge in [0.1, 0.15) is 11.4 Å². The van der Waals surface area contributed by atoms with Gasteiger partial charge in [0.05, 0.1) is 5.69 Å². The van der Waals surface area contributed by atoms with Crippen LogP contribution in [0.2, 0.25) is 0 Å². The fourth-order valence-electron chi connectivity index (χ4n) is 4.69. The fourth-order valence-corrected chi connectivity index (χ4v) is 4.69. The van der Waals surface area contributed by atoms with Gasteiger partial charge in [0, 0.05) is 61.5 Å². The zero-order valence-corrected chi connectivity index (χ0v) is 15.7. The van der Waals surface area contributed by atoms with Crippen molar-refractivity contribution in [3.8, 4) is 0 Å². The second-order valence-corrected chi connectivity index (χ2v) is 8.16. The normalized spacial score (nSPS) is 29.1. The van der Waals surface area contributed by atoms with Gasteiger partial charge >= 0.3 is 0 Å². The van der Waals surface area contributed by atoms with Crippen LogP contribution in [0.1, 0.15) is 56.1 Å². The summed E-state index contributed by atoms with van der Waals surface area (Å²) in [6.45, 7) is 6.87. The van der Waals surface area contributed by atoms with Gasteiger partial charge in [-0.3, -0.25) is 9.88 Å². The van der Waals surface area contributed by atoms with E-state index in [4.69, 9.17) is 0 Å². The summed E-state index contributed by atoms with van der Waals surface area (Å²) < 4.78 is 0. The molecule has 0 radical (unpaired) electrons. The standard InChI is InChI=1S/C21H28N4O/c1-15(2)20-23-10-16(11-24-20)12-25-13-17-6-5-7-18(14-25)21(17,26)19-8-3-4-9-22-19/h3-4,8-11,15,17-18,26H,5-7,12-14H2,1-2H3/t17-,18+,21?. The van der Waals surface area contributed by atoms with Crippen LogP contribution in [0.4, 0.5) is 0 Å².